The van der Waals surface area contributed by atoms with Gasteiger partial charge in [0, 0.05) is 12.8 Å². The highest BCUT2D eigenvalue weighted by molar-refractivity contribution is 5.83. The van der Waals surface area contributed by atoms with Gasteiger partial charge < -0.3 is 4.74 Å². The predicted molar refractivity (Wildman–Crippen MR) is 181 cm³/mol. The molecular formula is C41H47NO. The average Bonchev–Trinajstić information content (AvgIpc) is 3.38. The zero-order valence-electron chi connectivity index (χ0n) is 27.0. The Morgan fingerprint density at radius 2 is 1.65 bits per heavy atom. The summed E-state index contributed by atoms with van der Waals surface area (Å²) < 4.78 is 5.84. The number of ether oxygens (including phenoxy) is 1. The van der Waals surface area contributed by atoms with Crippen LogP contribution in [0.5, 0.6) is 5.75 Å². The molecule has 1 unspecified atom stereocenters. The molecule has 0 saturated carbocycles. The quantitative estimate of drug-likeness (QED) is 0.180. The molecule has 0 amide bonds. The molecule has 0 radical (unpaired) electrons. The van der Waals surface area contributed by atoms with Crippen LogP contribution >= 0.6 is 0 Å². The molecule has 1 atom stereocenters. The number of hydrogen-bond donors (Lipinski definition) is 0. The summed E-state index contributed by atoms with van der Waals surface area (Å²) in [5.41, 5.74) is 15.2. The van der Waals surface area contributed by atoms with Gasteiger partial charge in [-0.2, -0.15) is 5.26 Å². The van der Waals surface area contributed by atoms with Gasteiger partial charge in [0.2, 0.25) is 0 Å². The van der Waals surface area contributed by atoms with Gasteiger partial charge in [-0.1, -0.05) is 88.4 Å². The van der Waals surface area contributed by atoms with Crippen molar-refractivity contribution >= 4 is 0 Å². The van der Waals surface area contributed by atoms with E-state index in [4.69, 9.17) is 4.74 Å². The van der Waals surface area contributed by atoms with Gasteiger partial charge in [-0.15, -0.1) is 0 Å². The summed E-state index contributed by atoms with van der Waals surface area (Å²) in [6.07, 6.45) is 6.82. The van der Waals surface area contributed by atoms with Crippen molar-refractivity contribution in [3.8, 4) is 34.1 Å². The van der Waals surface area contributed by atoms with Crippen LogP contribution in [-0.4, -0.2) is 7.11 Å². The van der Waals surface area contributed by atoms with E-state index < -0.39 is 0 Å². The summed E-state index contributed by atoms with van der Waals surface area (Å²) in [7, 11) is 1.78. The van der Waals surface area contributed by atoms with E-state index in [1.165, 1.54) is 62.9 Å². The lowest BCUT2D eigenvalue weighted by molar-refractivity contribution is 0.410. The minimum Gasteiger partial charge on any atom is -0.496 e. The van der Waals surface area contributed by atoms with E-state index in [0.29, 0.717) is 24.2 Å². The minimum atomic E-state index is 0.562. The molecule has 0 aromatic heterocycles. The van der Waals surface area contributed by atoms with Crippen molar-refractivity contribution in [1.29, 1.82) is 5.26 Å². The van der Waals surface area contributed by atoms with Crippen LogP contribution < -0.4 is 4.74 Å². The lowest BCUT2D eigenvalue weighted by Gasteiger charge is -2.24. The third-order valence-electron chi connectivity index (χ3n) is 9.00. The maximum absolute atomic E-state index is 9.18. The van der Waals surface area contributed by atoms with Crippen LogP contribution in [0.3, 0.4) is 0 Å². The van der Waals surface area contributed by atoms with Crippen molar-refractivity contribution < 1.29 is 4.74 Å². The normalized spacial score (nSPS) is 14.3. The maximum atomic E-state index is 9.18. The summed E-state index contributed by atoms with van der Waals surface area (Å²) in [4.78, 5) is 0. The van der Waals surface area contributed by atoms with Crippen LogP contribution in [0.25, 0.3) is 22.3 Å². The fraction of sp³-hybridized carbons (Fsp3) is 0.390. The maximum Gasteiger partial charge on any atom is 0.122 e. The number of aryl methyl sites for hydroxylation is 2. The number of nitrogens with zero attached hydrogens (tertiary/aromatic N) is 1. The molecule has 5 rings (SSSR count). The van der Waals surface area contributed by atoms with Crippen molar-refractivity contribution in [2.24, 2.45) is 11.8 Å². The van der Waals surface area contributed by atoms with E-state index in [-0.39, 0.29) is 0 Å². The van der Waals surface area contributed by atoms with Gasteiger partial charge in [-0.3, -0.25) is 0 Å². The average molecular weight is 570 g/mol. The molecule has 0 N–H and O–H groups in total. The molecule has 0 aliphatic heterocycles. The van der Waals surface area contributed by atoms with E-state index in [1.807, 2.05) is 0 Å². The SMILES string of the molecule is COc1ccc(-c2c(C)cc(-c3ccc(CCC#N)cc3CC(C)C)c3c2C(CC(C)C)CC3)cc1Cc1ccccc1. The largest absolute Gasteiger partial charge is 0.496 e. The lowest BCUT2D eigenvalue weighted by Crippen LogP contribution is -2.05. The van der Waals surface area contributed by atoms with Crippen LogP contribution in [0.4, 0.5) is 0 Å². The Hall–Kier alpha value is -3.83. The van der Waals surface area contributed by atoms with Gasteiger partial charge in [-0.05, 0) is 130 Å². The number of methoxy groups -OCH3 is 1. The summed E-state index contributed by atoms with van der Waals surface area (Å²) in [6.45, 7) is 11.6. The summed E-state index contributed by atoms with van der Waals surface area (Å²) in [5.74, 6) is 2.72. The highest BCUT2D eigenvalue weighted by atomic mass is 16.5. The van der Waals surface area contributed by atoms with Gasteiger partial charge in [0.15, 0.2) is 0 Å². The molecule has 0 saturated heterocycles. The number of rotatable bonds is 11. The molecule has 0 heterocycles. The van der Waals surface area contributed by atoms with Crippen LogP contribution in [0.1, 0.15) is 91.8 Å². The molecule has 1 aliphatic rings. The Balaban J connectivity index is 1.68. The van der Waals surface area contributed by atoms with Crippen molar-refractivity contribution in [2.45, 2.75) is 85.5 Å². The molecular weight excluding hydrogens is 522 g/mol. The Bertz CT molecular complexity index is 1610. The van der Waals surface area contributed by atoms with Gasteiger partial charge in [0.1, 0.15) is 5.75 Å². The second kappa shape index (κ2) is 13.6. The first-order valence-corrected chi connectivity index (χ1v) is 16.2. The number of nitriles is 1. The molecule has 0 bridgehead atoms. The van der Waals surface area contributed by atoms with Crippen LogP contribution in [0, 0.1) is 30.1 Å². The van der Waals surface area contributed by atoms with E-state index in [2.05, 4.69) is 113 Å². The predicted octanol–water partition coefficient (Wildman–Crippen LogP) is 10.7. The lowest BCUT2D eigenvalue weighted by atomic mass is 9.80. The molecule has 222 valence electrons. The first kappa shape index (κ1) is 30.6. The van der Waals surface area contributed by atoms with Crippen LogP contribution in [-0.2, 0) is 25.7 Å². The van der Waals surface area contributed by atoms with Crippen molar-refractivity contribution in [3.63, 3.8) is 0 Å². The summed E-state index contributed by atoms with van der Waals surface area (Å²) >= 11 is 0. The summed E-state index contributed by atoms with van der Waals surface area (Å²) in [6, 6.07) is 29.3. The van der Waals surface area contributed by atoms with E-state index in [1.54, 1.807) is 18.2 Å². The number of fused-ring (bicyclic) bond motifs is 1. The number of benzene rings is 4. The molecule has 0 fully saturated rings. The molecule has 4 aromatic rings. The standard InChI is InChI=1S/C41H47NO/c1-27(2)21-32-15-18-37-38(36-17-14-31(13-10-20-42)24-34(36)22-28(3)4)23-29(5)40(41(32)37)33-16-19-39(43-6)35(26-33)25-30-11-8-7-9-12-30/h7-9,11-12,14,16-17,19,23-24,26-28,32H,10,13,15,18,21-22,25H2,1-6H3. The van der Waals surface area contributed by atoms with Gasteiger partial charge >= 0.3 is 0 Å². The third kappa shape index (κ3) is 6.88. The molecule has 43 heavy (non-hydrogen) atoms. The fourth-order valence-corrected chi connectivity index (χ4v) is 7.26. The second-order valence-corrected chi connectivity index (χ2v) is 13.3. The molecule has 2 nitrogen and oxygen atoms in total. The fourth-order valence-electron chi connectivity index (χ4n) is 7.26. The Labute approximate surface area is 259 Å². The highest BCUT2D eigenvalue weighted by Crippen LogP contribution is 2.49. The zero-order chi connectivity index (χ0) is 30.5. The third-order valence-corrected chi connectivity index (χ3v) is 9.00. The molecule has 2 heteroatoms. The first-order valence-electron chi connectivity index (χ1n) is 16.2. The van der Waals surface area contributed by atoms with Crippen molar-refractivity contribution in [3.05, 3.63) is 112 Å². The molecule has 4 aromatic carbocycles. The van der Waals surface area contributed by atoms with Gasteiger partial charge in [-0.25, -0.2) is 0 Å². The van der Waals surface area contributed by atoms with E-state index in [9.17, 15) is 5.26 Å². The van der Waals surface area contributed by atoms with Crippen molar-refractivity contribution in [2.75, 3.05) is 7.11 Å². The highest BCUT2D eigenvalue weighted by Gasteiger charge is 2.31. The summed E-state index contributed by atoms with van der Waals surface area (Å²) in [5, 5.41) is 9.18. The Kier molecular flexibility index (Phi) is 9.72. The van der Waals surface area contributed by atoms with Crippen LogP contribution in [0.2, 0.25) is 0 Å². The Morgan fingerprint density at radius 3 is 2.35 bits per heavy atom. The van der Waals surface area contributed by atoms with Gasteiger partial charge in [0.25, 0.3) is 0 Å². The van der Waals surface area contributed by atoms with E-state index in [0.717, 1.165) is 31.4 Å². The number of hydrogen-bond acceptors (Lipinski definition) is 2. The smallest absolute Gasteiger partial charge is 0.122 e. The second-order valence-electron chi connectivity index (χ2n) is 13.3. The zero-order valence-corrected chi connectivity index (χ0v) is 27.0. The van der Waals surface area contributed by atoms with Gasteiger partial charge in [0.05, 0.1) is 13.2 Å². The first-order chi connectivity index (χ1) is 20.8. The van der Waals surface area contributed by atoms with Crippen LogP contribution in [0.15, 0.2) is 72.8 Å². The Morgan fingerprint density at radius 1 is 0.860 bits per heavy atom. The topological polar surface area (TPSA) is 33.0 Å². The molecule has 0 spiro atoms. The molecule has 1 aliphatic carbocycles. The minimum absolute atomic E-state index is 0.562. The van der Waals surface area contributed by atoms with E-state index >= 15 is 0 Å². The van der Waals surface area contributed by atoms with Crippen molar-refractivity contribution in [1.82, 2.24) is 0 Å². The monoisotopic (exact) mass is 569 g/mol.